The molecule has 0 saturated carbocycles. The largest absolute Gasteiger partial charge is 0.507 e. The lowest BCUT2D eigenvalue weighted by atomic mass is 9.92. The Morgan fingerprint density at radius 3 is 2.65 bits per heavy atom. The Hall–Kier alpha value is -0.780. The molecular weight excluding hydrogens is 329 g/mol. The second-order valence-corrected chi connectivity index (χ2v) is 6.47. The zero-order valence-electron chi connectivity index (χ0n) is 10.4. The minimum absolute atomic E-state index is 0.0266. The monoisotopic (exact) mass is 347 g/mol. The Bertz CT molecular complexity index is 410. The molecule has 0 unspecified atom stereocenters. The summed E-state index contributed by atoms with van der Waals surface area (Å²) in [6, 6.07) is 4.99. The Labute approximate surface area is 116 Å². The van der Waals surface area contributed by atoms with Crippen molar-refractivity contribution in [1.82, 2.24) is 5.32 Å². The first-order chi connectivity index (χ1) is 7.79. The average molecular weight is 347 g/mol. The zero-order chi connectivity index (χ0) is 13.1. The van der Waals surface area contributed by atoms with Gasteiger partial charge >= 0.3 is 0 Å². The summed E-state index contributed by atoms with van der Waals surface area (Å²) in [6.45, 7) is 7.00. The van der Waals surface area contributed by atoms with Gasteiger partial charge in [-0.3, -0.25) is 4.79 Å². The number of phenols is 1. The maximum Gasteiger partial charge on any atom is 0.255 e. The summed E-state index contributed by atoms with van der Waals surface area (Å²) in [6.07, 6.45) is 0.906. The van der Waals surface area contributed by atoms with E-state index in [1.54, 1.807) is 18.2 Å². The van der Waals surface area contributed by atoms with E-state index in [0.29, 0.717) is 12.1 Å². The molecule has 0 heterocycles. The molecule has 0 spiro atoms. The standard InChI is InChI=1S/C13H18INO2/c1-13(2,3)6-7-15-12(17)10-8-9(14)4-5-11(10)16/h4-5,8,16H,6-7H2,1-3H3,(H,15,17). The van der Waals surface area contributed by atoms with E-state index in [1.807, 2.05) is 0 Å². The minimum atomic E-state index is -0.217. The van der Waals surface area contributed by atoms with Gasteiger partial charge in [0.15, 0.2) is 0 Å². The zero-order valence-corrected chi connectivity index (χ0v) is 12.5. The summed E-state index contributed by atoms with van der Waals surface area (Å²) in [7, 11) is 0. The number of halogens is 1. The lowest BCUT2D eigenvalue weighted by Gasteiger charge is -2.18. The molecule has 0 aliphatic heterocycles. The second kappa shape index (κ2) is 5.71. The number of carbonyl (C=O) groups excluding carboxylic acids is 1. The van der Waals surface area contributed by atoms with Crippen LogP contribution in [0.4, 0.5) is 0 Å². The lowest BCUT2D eigenvalue weighted by Crippen LogP contribution is -2.27. The van der Waals surface area contributed by atoms with E-state index in [-0.39, 0.29) is 17.1 Å². The molecule has 0 bridgehead atoms. The molecule has 0 aromatic heterocycles. The quantitative estimate of drug-likeness (QED) is 0.826. The van der Waals surface area contributed by atoms with E-state index in [4.69, 9.17) is 0 Å². The van der Waals surface area contributed by atoms with Gasteiger partial charge in [-0.05, 0) is 52.6 Å². The number of hydrogen-bond donors (Lipinski definition) is 2. The van der Waals surface area contributed by atoms with Crippen LogP contribution in [0.15, 0.2) is 18.2 Å². The number of rotatable bonds is 3. The van der Waals surface area contributed by atoms with Gasteiger partial charge in [-0.2, -0.15) is 0 Å². The highest BCUT2D eigenvalue weighted by molar-refractivity contribution is 14.1. The minimum Gasteiger partial charge on any atom is -0.507 e. The SMILES string of the molecule is CC(C)(C)CCNC(=O)c1cc(I)ccc1O. The van der Waals surface area contributed by atoms with Crippen molar-refractivity contribution >= 4 is 28.5 Å². The van der Waals surface area contributed by atoms with Crippen LogP contribution in [0.25, 0.3) is 0 Å². The molecule has 0 radical (unpaired) electrons. The van der Waals surface area contributed by atoms with Gasteiger partial charge in [0.05, 0.1) is 5.56 Å². The normalized spacial score (nSPS) is 11.3. The van der Waals surface area contributed by atoms with E-state index in [1.165, 1.54) is 0 Å². The summed E-state index contributed by atoms with van der Waals surface area (Å²) in [5.74, 6) is -0.191. The Balaban J connectivity index is 2.61. The van der Waals surface area contributed by atoms with Gasteiger partial charge < -0.3 is 10.4 Å². The topological polar surface area (TPSA) is 49.3 Å². The maximum absolute atomic E-state index is 11.8. The van der Waals surface area contributed by atoms with Gasteiger partial charge in [-0.25, -0.2) is 0 Å². The van der Waals surface area contributed by atoms with Gasteiger partial charge in [-0.15, -0.1) is 0 Å². The van der Waals surface area contributed by atoms with Crippen molar-refractivity contribution in [2.75, 3.05) is 6.54 Å². The number of nitrogens with one attached hydrogen (secondary N) is 1. The summed E-state index contributed by atoms with van der Waals surface area (Å²) in [4.78, 5) is 11.8. The van der Waals surface area contributed by atoms with E-state index in [0.717, 1.165) is 9.99 Å². The highest BCUT2D eigenvalue weighted by Gasteiger charge is 2.13. The van der Waals surface area contributed by atoms with E-state index in [2.05, 4.69) is 48.7 Å². The predicted molar refractivity (Wildman–Crippen MR) is 77.2 cm³/mol. The van der Waals surface area contributed by atoms with E-state index < -0.39 is 0 Å². The molecule has 4 heteroatoms. The molecule has 0 aliphatic carbocycles. The molecule has 2 N–H and O–H groups in total. The Morgan fingerprint density at radius 1 is 1.41 bits per heavy atom. The van der Waals surface area contributed by atoms with Crippen LogP contribution in [0.3, 0.4) is 0 Å². The van der Waals surface area contributed by atoms with Crippen LogP contribution in [-0.4, -0.2) is 17.6 Å². The van der Waals surface area contributed by atoms with Crippen molar-refractivity contribution in [2.45, 2.75) is 27.2 Å². The Morgan fingerprint density at radius 2 is 2.06 bits per heavy atom. The van der Waals surface area contributed by atoms with Crippen molar-refractivity contribution in [3.63, 3.8) is 0 Å². The molecular formula is C13H18INO2. The van der Waals surface area contributed by atoms with Crippen LogP contribution in [0.5, 0.6) is 5.75 Å². The van der Waals surface area contributed by atoms with Crippen LogP contribution >= 0.6 is 22.6 Å². The number of benzene rings is 1. The predicted octanol–water partition coefficient (Wildman–Crippen LogP) is 3.16. The summed E-state index contributed by atoms with van der Waals surface area (Å²) in [5, 5.41) is 12.4. The van der Waals surface area contributed by atoms with Crippen molar-refractivity contribution in [1.29, 1.82) is 0 Å². The first kappa shape index (κ1) is 14.3. The van der Waals surface area contributed by atoms with Crippen LogP contribution in [-0.2, 0) is 0 Å². The van der Waals surface area contributed by atoms with Crippen molar-refractivity contribution < 1.29 is 9.90 Å². The number of hydrogen-bond acceptors (Lipinski definition) is 2. The smallest absolute Gasteiger partial charge is 0.255 e. The van der Waals surface area contributed by atoms with Crippen molar-refractivity contribution in [3.05, 3.63) is 27.3 Å². The molecule has 94 valence electrons. The van der Waals surface area contributed by atoms with Crippen LogP contribution < -0.4 is 5.32 Å². The van der Waals surface area contributed by atoms with Crippen LogP contribution in [0.2, 0.25) is 0 Å². The highest BCUT2D eigenvalue weighted by Crippen LogP contribution is 2.20. The van der Waals surface area contributed by atoms with E-state index in [9.17, 15) is 9.90 Å². The highest BCUT2D eigenvalue weighted by atomic mass is 127. The molecule has 3 nitrogen and oxygen atoms in total. The Kier molecular flexibility index (Phi) is 4.80. The summed E-state index contributed by atoms with van der Waals surface area (Å²) >= 11 is 2.11. The third kappa shape index (κ3) is 4.93. The number of amides is 1. The number of carbonyl (C=O) groups is 1. The molecule has 1 amide bonds. The van der Waals surface area contributed by atoms with Gasteiger partial charge in [0.1, 0.15) is 5.75 Å². The fourth-order valence-electron chi connectivity index (χ4n) is 1.34. The fourth-order valence-corrected chi connectivity index (χ4v) is 1.83. The average Bonchev–Trinajstić information content (AvgIpc) is 2.19. The third-order valence-electron chi connectivity index (χ3n) is 2.36. The molecule has 1 aromatic rings. The number of aromatic hydroxyl groups is 1. The van der Waals surface area contributed by atoms with Crippen molar-refractivity contribution in [2.24, 2.45) is 5.41 Å². The van der Waals surface area contributed by atoms with Gasteiger partial charge in [0, 0.05) is 10.1 Å². The maximum atomic E-state index is 11.8. The molecule has 0 atom stereocenters. The third-order valence-corrected chi connectivity index (χ3v) is 3.03. The molecule has 0 aliphatic rings. The fraction of sp³-hybridized carbons (Fsp3) is 0.462. The van der Waals surface area contributed by atoms with Crippen molar-refractivity contribution in [3.8, 4) is 5.75 Å². The molecule has 17 heavy (non-hydrogen) atoms. The second-order valence-electron chi connectivity index (χ2n) is 5.23. The number of phenolic OH excluding ortho intramolecular Hbond substituents is 1. The summed E-state index contributed by atoms with van der Waals surface area (Å²) < 4.78 is 0.932. The molecule has 0 fully saturated rings. The first-order valence-corrected chi connectivity index (χ1v) is 6.64. The molecule has 1 rings (SSSR count). The molecule has 0 saturated heterocycles. The first-order valence-electron chi connectivity index (χ1n) is 5.56. The van der Waals surface area contributed by atoms with E-state index >= 15 is 0 Å². The van der Waals surface area contributed by atoms with Gasteiger partial charge in [0.2, 0.25) is 0 Å². The lowest BCUT2D eigenvalue weighted by molar-refractivity contribution is 0.0947. The molecule has 1 aromatic carbocycles. The van der Waals surface area contributed by atoms with Gasteiger partial charge in [0.25, 0.3) is 5.91 Å². The van der Waals surface area contributed by atoms with Crippen LogP contribution in [0.1, 0.15) is 37.6 Å². The van der Waals surface area contributed by atoms with Crippen LogP contribution in [0, 0.1) is 8.99 Å². The summed E-state index contributed by atoms with van der Waals surface area (Å²) in [5.41, 5.74) is 0.534. The van der Waals surface area contributed by atoms with Gasteiger partial charge in [-0.1, -0.05) is 20.8 Å².